The second kappa shape index (κ2) is 9.37. The summed E-state index contributed by atoms with van der Waals surface area (Å²) in [7, 11) is -5.76. The fourth-order valence-corrected chi connectivity index (χ4v) is 5.66. The highest BCUT2D eigenvalue weighted by atomic mass is 127. The molecular formula is C13H9F2I3O7S. The van der Waals surface area contributed by atoms with Crippen LogP contribution >= 0.6 is 67.8 Å². The minimum Gasteiger partial charge on any atom is -0.452 e. The molecule has 0 fully saturated rings. The molecule has 1 aromatic rings. The Labute approximate surface area is 188 Å². The van der Waals surface area contributed by atoms with Crippen LogP contribution < -0.4 is 4.74 Å². The molecule has 0 radical (unpaired) electrons. The van der Waals surface area contributed by atoms with Crippen LogP contribution in [-0.2, 0) is 24.4 Å². The van der Waals surface area contributed by atoms with Crippen molar-refractivity contribution in [2.75, 3.05) is 0 Å². The zero-order valence-electron chi connectivity index (χ0n) is 12.6. The van der Waals surface area contributed by atoms with Gasteiger partial charge in [-0.3, -0.25) is 4.55 Å². The van der Waals surface area contributed by atoms with Gasteiger partial charge in [0.05, 0.1) is 7.14 Å². The van der Waals surface area contributed by atoms with Gasteiger partial charge in [-0.05, 0) is 86.8 Å². The molecule has 13 heteroatoms. The van der Waals surface area contributed by atoms with E-state index in [1.54, 1.807) is 12.1 Å². The standard InChI is InChI=1S/C13H9F2I3O7S/c1-6(13(14,15)26(21,22)23)24-10(19)2-3-11(20)25-12-8(17)4-7(16)5-9(12)18/h2-6H,1H3,(H,21,22,23)/b3-2-. The normalized spacial score (nSPS) is 13.5. The summed E-state index contributed by atoms with van der Waals surface area (Å²) in [6.07, 6.45) is -1.32. The highest BCUT2D eigenvalue weighted by Crippen LogP contribution is 2.30. The minimum atomic E-state index is -5.76. The average molecular weight is 728 g/mol. The first-order valence-electron chi connectivity index (χ1n) is 6.35. The molecule has 0 aliphatic heterocycles. The molecule has 0 aromatic heterocycles. The number of benzene rings is 1. The molecule has 0 spiro atoms. The van der Waals surface area contributed by atoms with Crippen LogP contribution in [0, 0.1) is 10.7 Å². The average Bonchev–Trinajstić information content (AvgIpc) is 2.47. The summed E-state index contributed by atoms with van der Waals surface area (Å²) >= 11 is 5.99. The zero-order chi connectivity index (χ0) is 20.3. The third kappa shape index (κ3) is 6.48. The second-order valence-corrected chi connectivity index (χ2v) is 9.63. The number of hydrogen-bond acceptors (Lipinski definition) is 6. The summed E-state index contributed by atoms with van der Waals surface area (Å²) in [5, 5.41) is -4.69. The first-order valence-corrected chi connectivity index (χ1v) is 11.0. The lowest BCUT2D eigenvalue weighted by molar-refractivity contribution is -0.153. The molecule has 1 aromatic carbocycles. The van der Waals surface area contributed by atoms with Crippen molar-refractivity contribution >= 4 is 89.8 Å². The molecule has 7 nitrogen and oxygen atoms in total. The highest BCUT2D eigenvalue weighted by Gasteiger charge is 2.51. The number of esters is 2. The van der Waals surface area contributed by atoms with Crippen LogP contribution in [0.4, 0.5) is 8.78 Å². The summed E-state index contributed by atoms with van der Waals surface area (Å²) in [6, 6.07) is 3.51. The smallest absolute Gasteiger partial charge is 0.405 e. The van der Waals surface area contributed by atoms with E-state index < -0.39 is 33.4 Å². The predicted molar refractivity (Wildman–Crippen MR) is 111 cm³/mol. The van der Waals surface area contributed by atoms with E-state index in [0.29, 0.717) is 26.2 Å². The Bertz CT molecular complexity index is 832. The van der Waals surface area contributed by atoms with Crippen molar-refractivity contribution in [2.24, 2.45) is 0 Å². The maximum absolute atomic E-state index is 13.3. The molecule has 1 rings (SSSR count). The molecule has 0 amide bonds. The quantitative estimate of drug-likeness (QED) is 0.158. The van der Waals surface area contributed by atoms with E-state index in [1.807, 2.05) is 45.2 Å². The van der Waals surface area contributed by atoms with Crippen molar-refractivity contribution in [3.05, 3.63) is 35.0 Å². The Morgan fingerprint density at radius 1 is 1.15 bits per heavy atom. The maximum atomic E-state index is 13.3. The van der Waals surface area contributed by atoms with Crippen LogP contribution in [0.15, 0.2) is 24.3 Å². The molecule has 0 aliphatic carbocycles. The first-order chi connectivity index (χ1) is 11.8. The van der Waals surface area contributed by atoms with E-state index in [0.717, 1.165) is 3.57 Å². The van der Waals surface area contributed by atoms with Gasteiger partial charge in [-0.2, -0.15) is 17.2 Å². The van der Waals surface area contributed by atoms with Crippen molar-refractivity contribution in [1.82, 2.24) is 0 Å². The van der Waals surface area contributed by atoms with Crippen molar-refractivity contribution in [3.8, 4) is 5.75 Å². The van der Waals surface area contributed by atoms with Gasteiger partial charge in [0.1, 0.15) is 0 Å². The molecular weight excluding hydrogens is 719 g/mol. The third-order valence-electron chi connectivity index (χ3n) is 2.63. The molecule has 1 N–H and O–H groups in total. The highest BCUT2D eigenvalue weighted by molar-refractivity contribution is 14.1. The Morgan fingerprint density at radius 2 is 1.62 bits per heavy atom. The Morgan fingerprint density at radius 3 is 2.08 bits per heavy atom. The third-order valence-corrected chi connectivity index (χ3v) is 5.88. The lowest BCUT2D eigenvalue weighted by Gasteiger charge is -2.19. The predicted octanol–water partition coefficient (Wildman–Crippen LogP) is 3.37. The van der Waals surface area contributed by atoms with Gasteiger partial charge in [-0.1, -0.05) is 0 Å². The van der Waals surface area contributed by atoms with Gasteiger partial charge in [0, 0.05) is 15.7 Å². The number of hydrogen-bond donors (Lipinski definition) is 1. The summed E-state index contributed by atoms with van der Waals surface area (Å²) in [6.45, 7) is 0.578. The van der Waals surface area contributed by atoms with Gasteiger partial charge >= 0.3 is 27.3 Å². The second-order valence-electron chi connectivity index (χ2n) is 4.57. The van der Waals surface area contributed by atoms with Gasteiger partial charge in [0.2, 0.25) is 0 Å². The monoisotopic (exact) mass is 728 g/mol. The van der Waals surface area contributed by atoms with Crippen molar-refractivity contribution in [1.29, 1.82) is 0 Å². The number of rotatable bonds is 6. The van der Waals surface area contributed by atoms with Gasteiger partial charge in [0.25, 0.3) is 0 Å². The molecule has 1 unspecified atom stereocenters. The molecule has 0 bridgehead atoms. The van der Waals surface area contributed by atoms with Crippen LogP contribution in [0.25, 0.3) is 0 Å². The summed E-state index contributed by atoms with van der Waals surface area (Å²) < 4.78 is 67.5. The van der Waals surface area contributed by atoms with Crippen molar-refractivity contribution in [2.45, 2.75) is 18.3 Å². The maximum Gasteiger partial charge on any atom is 0.405 e. The zero-order valence-corrected chi connectivity index (χ0v) is 19.9. The van der Waals surface area contributed by atoms with Crippen LogP contribution in [-0.4, -0.2) is 36.3 Å². The van der Waals surface area contributed by atoms with Crippen LogP contribution in [0.1, 0.15) is 6.92 Å². The molecule has 0 saturated heterocycles. The topological polar surface area (TPSA) is 107 Å². The molecule has 144 valence electrons. The van der Waals surface area contributed by atoms with Crippen LogP contribution in [0.3, 0.4) is 0 Å². The number of ether oxygens (including phenoxy) is 2. The van der Waals surface area contributed by atoms with Gasteiger partial charge < -0.3 is 9.47 Å². The first kappa shape index (κ1) is 23.9. The van der Waals surface area contributed by atoms with Gasteiger partial charge in [0.15, 0.2) is 11.9 Å². The van der Waals surface area contributed by atoms with Crippen molar-refractivity contribution in [3.63, 3.8) is 0 Å². The number of carbonyl (C=O) groups excluding carboxylic acids is 2. The lowest BCUT2D eigenvalue weighted by atomic mass is 10.3. The SMILES string of the molecule is CC(OC(=O)/C=C\C(=O)Oc1c(I)cc(I)cc1I)C(F)(F)S(=O)(=O)O. The Balaban J connectivity index is 2.76. The fourth-order valence-electron chi connectivity index (χ4n) is 1.39. The van der Waals surface area contributed by atoms with E-state index in [-0.39, 0.29) is 5.75 Å². The minimum absolute atomic E-state index is 0.265. The lowest BCUT2D eigenvalue weighted by Crippen LogP contribution is -2.41. The fraction of sp³-hybridized carbons (Fsp3) is 0.231. The molecule has 0 aliphatic rings. The van der Waals surface area contributed by atoms with Gasteiger partial charge in [-0.15, -0.1) is 0 Å². The Hall–Kier alpha value is -0.140. The van der Waals surface area contributed by atoms with Crippen LogP contribution in [0.5, 0.6) is 5.75 Å². The van der Waals surface area contributed by atoms with Gasteiger partial charge in [-0.25, -0.2) is 9.59 Å². The van der Waals surface area contributed by atoms with E-state index in [2.05, 4.69) is 27.3 Å². The molecule has 1 atom stereocenters. The van der Waals surface area contributed by atoms with E-state index >= 15 is 0 Å². The number of halogens is 5. The summed E-state index contributed by atoms with van der Waals surface area (Å²) in [5.41, 5.74) is 0. The number of carbonyl (C=O) groups is 2. The summed E-state index contributed by atoms with van der Waals surface area (Å²) in [4.78, 5) is 23.2. The van der Waals surface area contributed by atoms with E-state index in [1.165, 1.54) is 0 Å². The summed E-state index contributed by atoms with van der Waals surface area (Å²) in [5.74, 6) is -2.11. The largest absolute Gasteiger partial charge is 0.452 e. The van der Waals surface area contributed by atoms with E-state index in [9.17, 15) is 26.8 Å². The van der Waals surface area contributed by atoms with E-state index in [4.69, 9.17) is 9.29 Å². The number of alkyl halides is 2. The van der Waals surface area contributed by atoms with Crippen LogP contribution in [0.2, 0.25) is 0 Å². The van der Waals surface area contributed by atoms with Crippen molar-refractivity contribution < 1.29 is 40.8 Å². The molecule has 26 heavy (non-hydrogen) atoms. The molecule has 0 saturated carbocycles. The Kier molecular flexibility index (Phi) is 8.61. The molecule has 0 heterocycles.